The molecule has 7 heteroatoms. The van der Waals surface area contributed by atoms with Gasteiger partial charge in [-0.25, -0.2) is 14.5 Å². The second-order valence-corrected chi connectivity index (χ2v) is 5.01. The summed E-state index contributed by atoms with van der Waals surface area (Å²) in [5.74, 6) is -0.464. The molecule has 0 amide bonds. The molecular formula is C15H12ClN3O3. The quantitative estimate of drug-likeness (QED) is 0.676. The van der Waals surface area contributed by atoms with Crippen molar-refractivity contribution in [1.29, 1.82) is 0 Å². The Bertz CT molecular complexity index is 724. The van der Waals surface area contributed by atoms with E-state index < -0.39 is 12.1 Å². The van der Waals surface area contributed by atoms with Crippen LogP contribution in [-0.4, -0.2) is 20.7 Å². The normalized spacial score (nSPS) is 12.0. The molecule has 2 aromatic heterocycles. The summed E-state index contributed by atoms with van der Waals surface area (Å²) in [6, 6.07) is 8.67. The fraction of sp³-hybridized carbons (Fsp3) is 0.133. The maximum absolute atomic E-state index is 12.1. The van der Waals surface area contributed by atoms with Crippen molar-refractivity contribution in [3.8, 4) is 0 Å². The number of carbonyl (C=O) groups excluding carboxylic acids is 1. The first-order valence-electron chi connectivity index (χ1n) is 6.53. The van der Waals surface area contributed by atoms with Crippen LogP contribution >= 0.6 is 11.6 Å². The molecule has 1 aromatic carbocycles. The van der Waals surface area contributed by atoms with Crippen LogP contribution in [0.15, 0.2) is 59.9 Å². The molecule has 3 rings (SSSR count). The van der Waals surface area contributed by atoms with E-state index in [1.165, 1.54) is 18.9 Å². The molecule has 0 radical (unpaired) electrons. The second kappa shape index (κ2) is 6.44. The zero-order valence-corrected chi connectivity index (χ0v) is 12.2. The lowest BCUT2D eigenvalue weighted by Gasteiger charge is -2.18. The number of hydrogen-bond acceptors (Lipinski definition) is 5. The zero-order valence-electron chi connectivity index (χ0n) is 11.4. The standard InChI is InChI=1S/C15H12ClN3O3/c16-13-3-1-11(2-4-13)14(7-19-10-17-9-18-19)22-15(20)12-5-6-21-8-12/h1-6,8-10,14H,7H2/t14-/m0/s1. The van der Waals surface area contributed by atoms with E-state index in [1.54, 1.807) is 29.2 Å². The van der Waals surface area contributed by atoms with Crippen molar-refractivity contribution in [2.75, 3.05) is 0 Å². The molecule has 6 nitrogen and oxygen atoms in total. The van der Waals surface area contributed by atoms with Crippen LogP contribution in [0, 0.1) is 0 Å². The summed E-state index contributed by atoms with van der Waals surface area (Å²) in [7, 11) is 0. The zero-order chi connectivity index (χ0) is 15.4. The van der Waals surface area contributed by atoms with Crippen LogP contribution in [0.5, 0.6) is 0 Å². The SMILES string of the molecule is O=C(O[C@@H](Cn1cncn1)c1ccc(Cl)cc1)c1ccoc1. The fourth-order valence-corrected chi connectivity index (χ4v) is 2.09. The number of aromatic nitrogens is 3. The minimum absolute atomic E-state index is 0.352. The Morgan fingerprint density at radius 3 is 2.77 bits per heavy atom. The Morgan fingerprint density at radius 1 is 1.32 bits per heavy atom. The molecule has 0 unspecified atom stereocenters. The van der Waals surface area contributed by atoms with E-state index in [2.05, 4.69) is 10.1 Å². The summed E-state index contributed by atoms with van der Waals surface area (Å²) in [6.45, 7) is 0.352. The van der Waals surface area contributed by atoms with Gasteiger partial charge in [-0.3, -0.25) is 0 Å². The molecule has 22 heavy (non-hydrogen) atoms. The van der Waals surface area contributed by atoms with Crippen molar-refractivity contribution in [2.45, 2.75) is 12.6 Å². The van der Waals surface area contributed by atoms with Gasteiger partial charge in [0.25, 0.3) is 0 Å². The van der Waals surface area contributed by atoms with Crippen molar-refractivity contribution >= 4 is 17.6 Å². The van der Waals surface area contributed by atoms with Gasteiger partial charge in [-0.2, -0.15) is 5.10 Å². The highest BCUT2D eigenvalue weighted by Gasteiger charge is 2.20. The monoisotopic (exact) mass is 317 g/mol. The summed E-state index contributed by atoms with van der Waals surface area (Å²) in [6.07, 6.45) is 5.24. The molecular weight excluding hydrogens is 306 g/mol. The minimum atomic E-state index is -0.513. The van der Waals surface area contributed by atoms with Crippen molar-refractivity contribution in [3.63, 3.8) is 0 Å². The molecule has 0 aliphatic heterocycles. The van der Waals surface area contributed by atoms with Crippen LogP contribution in [-0.2, 0) is 11.3 Å². The molecule has 0 saturated heterocycles. The lowest BCUT2D eigenvalue weighted by molar-refractivity contribution is 0.0246. The summed E-state index contributed by atoms with van der Waals surface area (Å²) < 4.78 is 12.1. The van der Waals surface area contributed by atoms with E-state index in [9.17, 15) is 4.79 Å². The molecule has 0 saturated carbocycles. The van der Waals surface area contributed by atoms with Crippen molar-refractivity contribution in [1.82, 2.24) is 14.8 Å². The lowest BCUT2D eigenvalue weighted by atomic mass is 10.1. The first-order valence-corrected chi connectivity index (χ1v) is 6.91. The van der Waals surface area contributed by atoms with Crippen LogP contribution in [0.1, 0.15) is 22.0 Å². The highest BCUT2D eigenvalue weighted by molar-refractivity contribution is 6.30. The third kappa shape index (κ3) is 3.35. The molecule has 1 atom stereocenters. The van der Waals surface area contributed by atoms with Crippen LogP contribution < -0.4 is 0 Å². The Balaban J connectivity index is 1.82. The van der Waals surface area contributed by atoms with Gasteiger partial charge in [0.05, 0.1) is 18.4 Å². The lowest BCUT2D eigenvalue weighted by Crippen LogP contribution is -2.17. The smallest absolute Gasteiger partial charge is 0.342 e. The topological polar surface area (TPSA) is 70.2 Å². The van der Waals surface area contributed by atoms with Gasteiger partial charge >= 0.3 is 5.97 Å². The fourth-order valence-electron chi connectivity index (χ4n) is 1.96. The number of furan rings is 1. The van der Waals surface area contributed by atoms with E-state index in [0.29, 0.717) is 17.1 Å². The first kappa shape index (κ1) is 14.3. The number of carbonyl (C=O) groups is 1. The highest BCUT2D eigenvalue weighted by Crippen LogP contribution is 2.23. The Kier molecular flexibility index (Phi) is 4.20. The molecule has 2 heterocycles. The Morgan fingerprint density at radius 2 is 2.14 bits per heavy atom. The van der Waals surface area contributed by atoms with Gasteiger partial charge in [0, 0.05) is 5.02 Å². The summed E-state index contributed by atoms with van der Waals surface area (Å²) in [5.41, 5.74) is 1.18. The van der Waals surface area contributed by atoms with Crippen LogP contribution in [0.3, 0.4) is 0 Å². The predicted octanol–water partition coefficient (Wildman–Crippen LogP) is 3.12. The molecule has 0 aliphatic carbocycles. The van der Waals surface area contributed by atoms with Gasteiger partial charge in [-0.1, -0.05) is 23.7 Å². The number of halogens is 1. The van der Waals surface area contributed by atoms with E-state index in [1.807, 2.05) is 12.1 Å². The molecule has 0 fully saturated rings. The van der Waals surface area contributed by atoms with Crippen LogP contribution in [0.25, 0.3) is 0 Å². The number of esters is 1. The molecule has 0 bridgehead atoms. The average molecular weight is 318 g/mol. The van der Waals surface area contributed by atoms with Crippen LogP contribution in [0.2, 0.25) is 5.02 Å². The van der Waals surface area contributed by atoms with E-state index in [0.717, 1.165) is 5.56 Å². The number of nitrogens with zero attached hydrogens (tertiary/aromatic N) is 3. The van der Waals surface area contributed by atoms with Crippen molar-refractivity contribution in [2.24, 2.45) is 0 Å². The predicted molar refractivity (Wildman–Crippen MR) is 78.3 cm³/mol. The summed E-state index contributed by atoms with van der Waals surface area (Å²) in [5, 5.41) is 4.65. The minimum Gasteiger partial charge on any atom is -0.472 e. The second-order valence-electron chi connectivity index (χ2n) is 4.58. The maximum Gasteiger partial charge on any atom is 0.342 e. The highest BCUT2D eigenvalue weighted by atomic mass is 35.5. The Hall–Kier alpha value is -2.60. The summed E-state index contributed by atoms with van der Waals surface area (Å²) in [4.78, 5) is 16.0. The summed E-state index contributed by atoms with van der Waals surface area (Å²) >= 11 is 5.90. The maximum atomic E-state index is 12.1. The number of ether oxygens (including phenoxy) is 1. The third-order valence-corrected chi connectivity index (χ3v) is 3.32. The third-order valence-electron chi connectivity index (χ3n) is 3.07. The van der Waals surface area contributed by atoms with Crippen molar-refractivity contribution in [3.05, 3.63) is 71.7 Å². The molecule has 0 N–H and O–H groups in total. The van der Waals surface area contributed by atoms with Gasteiger partial charge in [0.15, 0.2) is 0 Å². The molecule has 112 valence electrons. The Labute approximate surface area is 131 Å². The number of benzene rings is 1. The largest absolute Gasteiger partial charge is 0.472 e. The van der Waals surface area contributed by atoms with Gasteiger partial charge in [0.2, 0.25) is 0 Å². The molecule has 0 spiro atoms. The van der Waals surface area contributed by atoms with E-state index in [-0.39, 0.29) is 0 Å². The van der Waals surface area contributed by atoms with Crippen LogP contribution in [0.4, 0.5) is 0 Å². The van der Waals surface area contributed by atoms with Gasteiger partial charge in [0.1, 0.15) is 25.0 Å². The van der Waals surface area contributed by atoms with E-state index in [4.69, 9.17) is 20.8 Å². The van der Waals surface area contributed by atoms with Crippen molar-refractivity contribution < 1.29 is 13.9 Å². The van der Waals surface area contributed by atoms with Gasteiger partial charge < -0.3 is 9.15 Å². The van der Waals surface area contributed by atoms with Gasteiger partial charge in [-0.15, -0.1) is 0 Å². The average Bonchev–Trinajstić information content (AvgIpc) is 3.21. The number of rotatable bonds is 5. The van der Waals surface area contributed by atoms with E-state index >= 15 is 0 Å². The first-order chi connectivity index (χ1) is 10.7. The number of hydrogen-bond donors (Lipinski definition) is 0. The molecule has 0 aliphatic rings. The molecule has 3 aromatic rings. The van der Waals surface area contributed by atoms with Gasteiger partial charge in [-0.05, 0) is 23.8 Å².